The van der Waals surface area contributed by atoms with E-state index in [-0.39, 0.29) is 6.04 Å². The lowest BCUT2D eigenvalue weighted by Gasteiger charge is -2.24. The van der Waals surface area contributed by atoms with Crippen molar-refractivity contribution in [1.82, 2.24) is 10.6 Å². The SMILES string of the molecule is CSCCC(NC(=O)NC1CCOCC1)C(=O)O. The summed E-state index contributed by atoms with van der Waals surface area (Å²) >= 11 is 1.56. The number of carbonyl (C=O) groups is 2. The van der Waals surface area contributed by atoms with E-state index in [1.165, 1.54) is 0 Å². The van der Waals surface area contributed by atoms with Crippen molar-refractivity contribution in [3.8, 4) is 0 Å². The normalized spacial score (nSPS) is 18.1. The molecule has 1 fully saturated rings. The van der Waals surface area contributed by atoms with Gasteiger partial charge in [-0.3, -0.25) is 0 Å². The van der Waals surface area contributed by atoms with Gasteiger partial charge in [-0.1, -0.05) is 0 Å². The van der Waals surface area contributed by atoms with Crippen LogP contribution in [0.2, 0.25) is 0 Å². The summed E-state index contributed by atoms with van der Waals surface area (Å²) in [4.78, 5) is 22.6. The number of carbonyl (C=O) groups excluding carboxylic acids is 1. The minimum atomic E-state index is -0.994. The van der Waals surface area contributed by atoms with Crippen molar-refractivity contribution in [2.75, 3.05) is 25.2 Å². The second-order valence-electron chi connectivity index (χ2n) is 4.18. The topological polar surface area (TPSA) is 87.7 Å². The fourth-order valence-corrected chi connectivity index (χ4v) is 2.19. The van der Waals surface area contributed by atoms with Gasteiger partial charge in [0.2, 0.25) is 0 Å². The van der Waals surface area contributed by atoms with E-state index in [2.05, 4.69) is 10.6 Å². The lowest BCUT2D eigenvalue weighted by molar-refractivity contribution is -0.139. The molecule has 0 spiro atoms. The van der Waals surface area contributed by atoms with Gasteiger partial charge in [-0.2, -0.15) is 11.8 Å². The molecule has 7 heteroatoms. The van der Waals surface area contributed by atoms with Gasteiger partial charge in [0.1, 0.15) is 6.04 Å². The first-order valence-electron chi connectivity index (χ1n) is 6.00. The third kappa shape index (κ3) is 5.59. The van der Waals surface area contributed by atoms with E-state index in [9.17, 15) is 9.59 Å². The van der Waals surface area contributed by atoms with Gasteiger partial charge in [-0.05, 0) is 31.3 Å². The fraction of sp³-hybridized carbons (Fsp3) is 0.818. The first kappa shape index (κ1) is 15.1. The number of carboxylic acids is 1. The Hall–Kier alpha value is -0.950. The van der Waals surface area contributed by atoms with Crippen LogP contribution in [0.4, 0.5) is 4.79 Å². The highest BCUT2D eigenvalue weighted by Gasteiger charge is 2.21. The predicted molar refractivity (Wildman–Crippen MR) is 69.9 cm³/mol. The number of nitrogens with one attached hydrogen (secondary N) is 2. The number of amides is 2. The Morgan fingerprint density at radius 2 is 2.11 bits per heavy atom. The molecule has 0 aliphatic carbocycles. The van der Waals surface area contributed by atoms with Crippen LogP contribution in [0.3, 0.4) is 0 Å². The molecule has 1 aliphatic rings. The van der Waals surface area contributed by atoms with Crippen molar-refractivity contribution >= 4 is 23.8 Å². The standard InChI is InChI=1S/C11H20N2O4S/c1-18-7-4-9(10(14)15)13-11(16)12-8-2-5-17-6-3-8/h8-9H,2-7H2,1H3,(H,14,15)(H2,12,13,16). The summed E-state index contributed by atoms with van der Waals surface area (Å²) in [6.45, 7) is 1.28. The van der Waals surface area contributed by atoms with Crippen molar-refractivity contribution in [3.63, 3.8) is 0 Å². The number of hydrogen-bond acceptors (Lipinski definition) is 4. The largest absolute Gasteiger partial charge is 0.480 e. The smallest absolute Gasteiger partial charge is 0.326 e. The molecule has 1 rings (SSSR count). The molecular formula is C11H20N2O4S. The maximum atomic E-state index is 11.7. The van der Waals surface area contributed by atoms with Crippen molar-refractivity contribution in [2.24, 2.45) is 0 Å². The Morgan fingerprint density at radius 3 is 2.67 bits per heavy atom. The van der Waals surface area contributed by atoms with E-state index < -0.39 is 18.0 Å². The zero-order valence-electron chi connectivity index (χ0n) is 10.5. The lowest BCUT2D eigenvalue weighted by Crippen LogP contribution is -2.50. The van der Waals surface area contributed by atoms with Gasteiger partial charge in [0.05, 0.1) is 0 Å². The van der Waals surface area contributed by atoms with Gasteiger partial charge in [-0.25, -0.2) is 9.59 Å². The van der Waals surface area contributed by atoms with E-state index in [4.69, 9.17) is 9.84 Å². The number of thioether (sulfide) groups is 1. The zero-order chi connectivity index (χ0) is 13.4. The van der Waals surface area contributed by atoms with Crippen molar-refractivity contribution in [2.45, 2.75) is 31.3 Å². The molecule has 1 heterocycles. The van der Waals surface area contributed by atoms with E-state index in [1.54, 1.807) is 11.8 Å². The van der Waals surface area contributed by atoms with Crippen molar-refractivity contribution < 1.29 is 19.4 Å². The Kier molecular flexibility index (Phi) is 6.89. The third-order valence-corrected chi connectivity index (χ3v) is 3.41. The summed E-state index contributed by atoms with van der Waals surface area (Å²) in [5.41, 5.74) is 0. The number of hydrogen-bond donors (Lipinski definition) is 3. The van der Waals surface area contributed by atoms with Crippen LogP contribution in [0, 0.1) is 0 Å². The number of carboxylic acid groups (broad SMARTS) is 1. The summed E-state index contributed by atoms with van der Waals surface area (Å²) < 4.78 is 5.19. The summed E-state index contributed by atoms with van der Waals surface area (Å²) in [6, 6.07) is -1.15. The van der Waals surface area contributed by atoms with Gasteiger partial charge < -0.3 is 20.5 Å². The van der Waals surface area contributed by atoms with Gasteiger partial charge in [0, 0.05) is 19.3 Å². The van der Waals surface area contributed by atoms with Crippen molar-refractivity contribution in [3.05, 3.63) is 0 Å². The van der Waals surface area contributed by atoms with Gasteiger partial charge >= 0.3 is 12.0 Å². The second kappa shape index (κ2) is 8.20. The quantitative estimate of drug-likeness (QED) is 0.663. The Labute approximate surface area is 111 Å². The molecule has 0 aromatic carbocycles. The molecule has 18 heavy (non-hydrogen) atoms. The molecule has 0 aromatic rings. The molecule has 1 atom stereocenters. The van der Waals surface area contributed by atoms with E-state index in [0.717, 1.165) is 12.8 Å². The number of urea groups is 1. The van der Waals surface area contributed by atoms with Crippen LogP contribution < -0.4 is 10.6 Å². The summed E-state index contributed by atoms with van der Waals surface area (Å²) in [5.74, 6) is -0.291. The summed E-state index contributed by atoms with van der Waals surface area (Å²) in [6.07, 6.45) is 3.88. The molecule has 104 valence electrons. The minimum absolute atomic E-state index is 0.0775. The van der Waals surface area contributed by atoms with Gasteiger partial charge in [0.25, 0.3) is 0 Å². The zero-order valence-corrected chi connectivity index (χ0v) is 11.3. The Bertz CT molecular complexity index is 282. The fourth-order valence-electron chi connectivity index (χ4n) is 1.72. The maximum Gasteiger partial charge on any atom is 0.326 e. The molecule has 1 unspecified atom stereocenters. The van der Waals surface area contributed by atoms with Crippen LogP contribution in [0.5, 0.6) is 0 Å². The molecular weight excluding hydrogens is 256 g/mol. The Balaban J connectivity index is 2.32. The molecule has 0 aromatic heterocycles. The number of rotatable bonds is 6. The van der Waals surface area contributed by atoms with Crippen LogP contribution >= 0.6 is 11.8 Å². The highest BCUT2D eigenvalue weighted by Crippen LogP contribution is 2.06. The predicted octanol–water partition coefficient (Wildman–Crippen LogP) is 0.671. The molecule has 0 bridgehead atoms. The van der Waals surface area contributed by atoms with E-state index in [1.807, 2.05) is 6.26 Å². The van der Waals surface area contributed by atoms with Gasteiger partial charge in [-0.15, -0.1) is 0 Å². The molecule has 1 aliphatic heterocycles. The molecule has 0 saturated carbocycles. The van der Waals surface area contributed by atoms with Crippen LogP contribution in [0.25, 0.3) is 0 Å². The van der Waals surface area contributed by atoms with Crippen LogP contribution in [0.15, 0.2) is 0 Å². The first-order chi connectivity index (χ1) is 8.63. The minimum Gasteiger partial charge on any atom is -0.480 e. The summed E-state index contributed by atoms with van der Waals surface area (Å²) in [5, 5.41) is 14.3. The lowest BCUT2D eigenvalue weighted by atomic mass is 10.1. The monoisotopic (exact) mass is 276 g/mol. The first-order valence-corrected chi connectivity index (χ1v) is 7.39. The highest BCUT2D eigenvalue weighted by molar-refractivity contribution is 7.98. The highest BCUT2D eigenvalue weighted by atomic mass is 32.2. The average Bonchev–Trinajstić information content (AvgIpc) is 2.35. The molecule has 0 radical (unpaired) electrons. The van der Waals surface area contributed by atoms with Gasteiger partial charge in [0.15, 0.2) is 0 Å². The van der Waals surface area contributed by atoms with Crippen molar-refractivity contribution in [1.29, 1.82) is 0 Å². The Morgan fingerprint density at radius 1 is 1.44 bits per heavy atom. The molecule has 3 N–H and O–H groups in total. The maximum absolute atomic E-state index is 11.7. The number of ether oxygens (including phenoxy) is 1. The molecule has 2 amide bonds. The summed E-state index contributed by atoms with van der Waals surface area (Å²) in [7, 11) is 0. The molecule has 6 nitrogen and oxygen atoms in total. The number of aliphatic carboxylic acids is 1. The average molecular weight is 276 g/mol. The third-order valence-electron chi connectivity index (χ3n) is 2.77. The van der Waals surface area contributed by atoms with Crippen LogP contribution in [0.1, 0.15) is 19.3 Å². The van der Waals surface area contributed by atoms with E-state index in [0.29, 0.717) is 25.4 Å². The van der Waals surface area contributed by atoms with Crippen LogP contribution in [-0.4, -0.2) is 54.4 Å². The van der Waals surface area contributed by atoms with E-state index >= 15 is 0 Å². The second-order valence-corrected chi connectivity index (χ2v) is 5.16. The molecule has 1 saturated heterocycles. The van der Waals surface area contributed by atoms with Crippen LogP contribution in [-0.2, 0) is 9.53 Å².